The van der Waals surface area contributed by atoms with Crippen LogP contribution in [0.3, 0.4) is 0 Å². The molecular formula is C15H32N2O2. The topological polar surface area (TPSA) is 55.6 Å². The first-order chi connectivity index (χ1) is 8.82. The summed E-state index contributed by atoms with van der Waals surface area (Å²) in [5, 5.41) is 0. The Hall–Kier alpha value is -0.610. The predicted octanol–water partition coefficient (Wildman–Crippen LogP) is 2.27. The van der Waals surface area contributed by atoms with Crippen molar-refractivity contribution in [2.75, 3.05) is 33.4 Å². The molecule has 4 heteroatoms. The number of carbonyl (C=O) groups excluding carboxylic acids is 1. The quantitative estimate of drug-likeness (QED) is 0.664. The molecule has 0 spiro atoms. The molecule has 0 saturated heterocycles. The average Bonchev–Trinajstić information content (AvgIpc) is 2.31. The summed E-state index contributed by atoms with van der Waals surface area (Å²) in [6, 6.07) is 0. The third-order valence-electron chi connectivity index (χ3n) is 3.34. The molecule has 0 radical (unpaired) electrons. The molecule has 0 saturated carbocycles. The van der Waals surface area contributed by atoms with Crippen molar-refractivity contribution < 1.29 is 9.53 Å². The summed E-state index contributed by atoms with van der Waals surface area (Å²) in [5.41, 5.74) is 5.75. The SMILES string of the molecule is COCCN(CC(C)C)C(=O)CCC(C)(C)CCN. The zero-order chi connectivity index (χ0) is 14.9. The molecule has 4 nitrogen and oxygen atoms in total. The van der Waals surface area contributed by atoms with Gasteiger partial charge in [0.1, 0.15) is 0 Å². The Morgan fingerprint density at radius 3 is 2.42 bits per heavy atom. The van der Waals surface area contributed by atoms with Crippen LogP contribution in [0.15, 0.2) is 0 Å². The highest BCUT2D eigenvalue weighted by atomic mass is 16.5. The number of methoxy groups -OCH3 is 1. The van der Waals surface area contributed by atoms with Crippen LogP contribution in [0.5, 0.6) is 0 Å². The number of nitrogens with zero attached hydrogens (tertiary/aromatic N) is 1. The van der Waals surface area contributed by atoms with Crippen molar-refractivity contribution in [3.8, 4) is 0 Å². The highest BCUT2D eigenvalue weighted by Gasteiger charge is 2.21. The first-order valence-electron chi connectivity index (χ1n) is 7.29. The van der Waals surface area contributed by atoms with Crippen LogP contribution in [0.4, 0.5) is 0 Å². The van der Waals surface area contributed by atoms with Crippen LogP contribution in [0.2, 0.25) is 0 Å². The van der Waals surface area contributed by atoms with Crippen LogP contribution in [0, 0.1) is 11.3 Å². The molecular weight excluding hydrogens is 240 g/mol. The molecule has 19 heavy (non-hydrogen) atoms. The molecule has 114 valence electrons. The first kappa shape index (κ1) is 18.4. The third kappa shape index (κ3) is 9.00. The van der Waals surface area contributed by atoms with E-state index in [1.54, 1.807) is 7.11 Å². The summed E-state index contributed by atoms with van der Waals surface area (Å²) in [6.45, 7) is 11.4. The number of rotatable bonds is 10. The average molecular weight is 272 g/mol. The Morgan fingerprint density at radius 1 is 1.32 bits per heavy atom. The Balaban J connectivity index is 4.30. The molecule has 0 unspecified atom stereocenters. The van der Waals surface area contributed by atoms with Gasteiger partial charge in [0.25, 0.3) is 0 Å². The number of hydrogen-bond donors (Lipinski definition) is 1. The number of carbonyl (C=O) groups is 1. The zero-order valence-corrected chi connectivity index (χ0v) is 13.4. The summed E-state index contributed by atoms with van der Waals surface area (Å²) in [5.74, 6) is 0.716. The van der Waals surface area contributed by atoms with Crippen LogP contribution >= 0.6 is 0 Å². The van der Waals surface area contributed by atoms with Gasteiger partial charge in [0.05, 0.1) is 6.61 Å². The van der Waals surface area contributed by atoms with E-state index in [1.165, 1.54) is 0 Å². The van der Waals surface area contributed by atoms with Crippen LogP contribution in [-0.2, 0) is 9.53 Å². The van der Waals surface area contributed by atoms with Crippen molar-refractivity contribution in [1.82, 2.24) is 4.90 Å². The summed E-state index contributed by atoms with van der Waals surface area (Å²) >= 11 is 0. The highest BCUT2D eigenvalue weighted by Crippen LogP contribution is 2.26. The first-order valence-corrected chi connectivity index (χ1v) is 7.29. The molecule has 0 aromatic rings. The van der Waals surface area contributed by atoms with Crippen LogP contribution < -0.4 is 5.73 Å². The molecule has 0 heterocycles. The minimum absolute atomic E-state index is 0.148. The Kier molecular flexibility index (Phi) is 9.02. The van der Waals surface area contributed by atoms with E-state index in [9.17, 15) is 4.79 Å². The smallest absolute Gasteiger partial charge is 0.222 e. The molecule has 0 aliphatic rings. The van der Waals surface area contributed by atoms with E-state index in [4.69, 9.17) is 10.5 Å². The van der Waals surface area contributed by atoms with E-state index < -0.39 is 0 Å². The van der Waals surface area contributed by atoms with Gasteiger partial charge in [0.15, 0.2) is 0 Å². The molecule has 0 fully saturated rings. The lowest BCUT2D eigenvalue weighted by Crippen LogP contribution is -2.37. The molecule has 1 amide bonds. The van der Waals surface area contributed by atoms with Crippen LogP contribution in [0.1, 0.15) is 47.0 Å². The van der Waals surface area contributed by atoms with E-state index in [-0.39, 0.29) is 11.3 Å². The monoisotopic (exact) mass is 272 g/mol. The Bertz CT molecular complexity index is 253. The number of ether oxygens (including phenoxy) is 1. The molecule has 0 aliphatic carbocycles. The van der Waals surface area contributed by atoms with Crippen molar-refractivity contribution in [2.45, 2.75) is 47.0 Å². The van der Waals surface area contributed by atoms with Crippen molar-refractivity contribution in [2.24, 2.45) is 17.1 Å². The highest BCUT2D eigenvalue weighted by molar-refractivity contribution is 5.76. The molecule has 0 aromatic heterocycles. The van der Waals surface area contributed by atoms with Gasteiger partial charge in [-0.15, -0.1) is 0 Å². The second-order valence-electron chi connectivity index (χ2n) is 6.43. The molecule has 0 bridgehead atoms. The maximum Gasteiger partial charge on any atom is 0.222 e. The number of amides is 1. The van der Waals surface area contributed by atoms with Gasteiger partial charge < -0.3 is 15.4 Å². The largest absolute Gasteiger partial charge is 0.383 e. The van der Waals surface area contributed by atoms with Gasteiger partial charge in [-0.05, 0) is 30.7 Å². The van der Waals surface area contributed by atoms with Gasteiger partial charge in [-0.25, -0.2) is 0 Å². The number of nitrogens with two attached hydrogens (primary N) is 1. The van der Waals surface area contributed by atoms with E-state index in [0.29, 0.717) is 32.0 Å². The Morgan fingerprint density at radius 2 is 1.95 bits per heavy atom. The summed E-state index contributed by atoms with van der Waals surface area (Å²) < 4.78 is 5.08. The maximum absolute atomic E-state index is 12.3. The predicted molar refractivity (Wildman–Crippen MR) is 80.0 cm³/mol. The third-order valence-corrected chi connectivity index (χ3v) is 3.34. The lowest BCUT2D eigenvalue weighted by atomic mass is 9.84. The van der Waals surface area contributed by atoms with Crippen molar-refractivity contribution >= 4 is 5.91 Å². The van der Waals surface area contributed by atoms with Gasteiger partial charge >= 0.3 is 0 Å². The van der Waals surface area contributed by atoms with Gasteiger partial charge in [-0.1, -0.05) is 27.7 Å². The summed E-state index contributed by atoms with van der Waals surface area (Å²) in [4.78, 5) is 14.2. The molecule has 2 N–H and O–H groups in total. The van der Waals surface area contributed by atoms with E-state index in [2.05, 4.69) is 27.7 Å². The fourth-order valence-electron chi connectivity index (χ4n) is 2.08. The van der Waals surface area contributed by atoms with Crippen molar-refractivity contribution in [1.29, 1.82) is 0 Å². The second kappa shape index (κ2) is 9.32. The fourth-order valence-corrected chi connectivity index (χ4v) is 2.08. The van der Waals surface area contributed by atoms with Gasteiger partial charge in [0, 0.05) is 26.6 Å². The minimum atomic E-state index is 0.148. The van der Waals surface area contributed by atoms with Crippen molar-refractivity contribution in [3.05, 3.63) is 0 Å². The normalized spacial score (nSPS) is 11.9. The van der Waals surface area contributed by atoms with Gasteiger partial charge in [0.2, 0.25) is 5.91 Å². The van der Waals surface area contributed by atoms with Gasteiger partial charge in [-0.3, -0.25) is 4.79 Å². The lowest BCUT2D eigenvalue weighted by Gasteiger charge is -2.28. The lowest BCUT2D eigenvalue weighted by molar-refractivity contribution is -0.133. The summed E-state index contributed by atoms with van der Waals surface area (Å²) in [7, 11) is 1.67. The molecule has 0 aliphatic heterocycles. The standard InChI is InChI=1S/C15H32N2O2/c1-13(2)12-17(10-11-19-5)14(18)6-7-15(3,4)8-9-16/h13H,6-12,16H2,1-5H3. The maximum atomic E-state index is 12.3. The van der Waals surface area contributed by atoms with Crippen LogP contribution in [0.25, 0.3) is 0 Å². The molecule has 0 rings (SSSR count). The fraction of sp³-hybridized carbons (Fsp3) is 0.933. The molecule has 0 atom stereocenters. The summed E-state index contributed by atoms with van der Waals surface area (Å²) in [6.07, 6.45) is 2.45. The van der Waals surface area contributed by atoms with Crippen molar-refractivity contribution in [3.63, 3.8) is 0 Å². The molecule has 0 aromatic carbocycles. The van der Waals surface area contributed by atoms with Gasteiger partial charge in [-0.2, -0.15) is 0 Å². The Labute approximate surface area is 118 Å². The van der Waals surface area contributed by atoms with E-state index >= 15 is 0 Å². The second-order valence-corrected chi connectivity index (χ2v) is 6.43. The van der Waals surface area contributed by atoms with E-state index in [1.807, 2.05) is 4.90 Å². The zero-order valence-electron chi connectivity index (χ0n) is 13.4. The van der Waals surface area contributed by atoms with Crippen LogP contribution in [-0.4, -0.2) is 44.2 Å². The number of hydrogen-bond acceptors (Lipinski definition) is 3. The van der Waals surface area contributed by atoms with E-state index in [0.717, 1.165) is 19.4 Å². The minimum Gasteiger partial charge on any atom is -0.383 e.